The summed E-state index contributed by atoms with van der Waals surface area (Å²) in [5.41, 5.74) is -0.854. The Morgan fingerprint density at radius 3 is 0.929 bits per heavy atom. The molecular weight excluding hydrogens is 384 g/mol. The summed E-state index contributed by atoms with van der Waals surface area (Å²) >= 11 is 0. The minimum atomic E-state index is -4.28. The lowest BCUT2D eigenvalue weighted by Gasteiger charge is -2.14. The summed E-state index contributed by atoms with van der Waals surface area (Å²) in [6.07, 6.45) is 0. The number of hydrogen-bond donors (Lipinski definition) is 3. The second kappa shape index (κ2) is 56.2. The maximum absolute atomic E-state index is 9.98. The number of hydrogen-bond acceptors (Lipinski definition) is 6. The predicted octanol–water partition coefficient (Wildman–Crippen LogP) is 4.63. The molecule has 28 heavy (non-hydrogen) atoms. The third-order valence-electron chi connectivity index (χ3n) is 0.864. The van der Waals surface area contributed by atoms with E-state index in [0.29, 0.717) is 0 Å². The smallest absolute Gasteiger partial charge is 0.394 e. The van der Waals surface area contributed by atoms with Gasteiger partial charge in [0.2, 0.25) is 0 Å². The first kappa shape index (κ1) is 50.3. The van der Waals surface area contributed by atoms with Crippen molar-refractivity contribution in [1.29, 1.82) is 0 Å². The fraction of sp³-hybridized carbons (Fsp3) is 0.500. The summed E-state index contributed by atoms with van der Waals surface area (Å²) < 4.78 is 37.0. The van der Waals surface area contributed by atoms with Gasteiger partial charge in [-0.1, -0.05) is 0 Å². The topological polar surface area (TPSA) is 113 Å². The van der Waals surface area contributed by atoms with Crippen molar-refractivity contribution in [2.24, 2.45) is 0 Å². The highest BCUT2D eigenvalue weighted by molar-refractivity contribution is 7.80. The van der Waals surface area contributed by atoms with Crippen molar-refractivity contribution < 1.29 is 32.1 Å². The third kappa shape index (κ3) is 242. The van der Waals surface area contributed by atoms with Crippen LogP contribution in [-0.2, 0) is 19.3 Å². The molecule has 0 amide bonds. The van der Waals surface area contributed by atoms with E-state index in [1.54, 1.807) is 0 Å². The molecule has 0 unspecified atom stereocenters. The Labute approximate surface area is 175 Å². The molecule has 174 valence electrons. The van der Waals surface area contributed by atoms with Crippen LogP contribution in [0.2, 0.25) is 0 Å². The highest BCUT2D eigenvalue weighted by atomic mass is 32.3. The van der Waals surface area contributed by atoms with E-state index in [2.05, 4.69) is 70.0 Å². The van der Waals surface area contributed by atoms with Gasteiger partial charge in [-0.05, 0) is 34.6 Å². The Kier molecular flexibility index (Phi) is 101. The molecule has 0 aromatic heterocycles. The normalized spacial score (nSPS) is 7.71. The lowest BCUT2D eigenvalue weighted by atomic mass is 10.2. The Hall–Kier alpha value is -1.55. The second-order valence-corrected chi connectivity index (χ2v) is 4.87. The first-order chi connectivity index (χ1) is 13.0. The van der Waals surface area contributed by atoms with Gasteiger partial charge in [0.25, 0.3) is 0 Å². The van der Waals surface area contributed by atoms with Crippen molar-refractivity contribution in [2.45, 2.75) is 40.2 Å². The summed E-state index contributed by atoms with van der Waals surface area (Å²) in [6, 6.07) is 0. The van der Waals surface area contributed by atoms with Gasteiger partial charge < -0.3 is 14.9 Å². The summed E-state index contributed by atoms with van der Waals surface area (Å²) in [7, 11) is -4.28. The number of aliphatic hydroxyl groups is 2. The van der Waals surface area contributed by atoms with Gasteiger partial charge in [0.05, 0.1) is 18.8 Å². The molecule has 0 aliphatic heterocycles. The standard InChI is InChI=1S/C4H10O4S.C4H10O.C2H6O2.5C2H4/c1-4(2,3)8-9(5,6)7;1-3-5-4-2;3-1-2-4;5*1-2/h1-3H3,(H,5,6,7);3-4H2,1-2H3;3-4H,1-2H2;5*1-2H2. The molecule has 8 heteroatoms. The number of rotatable bonds is 4. The molecule has 0 rings (SSSR count). The van der Waals surface area contributed by atoms with Crippen LogP contribution in [0, 0.1) is 0 Å². The van der Waals surface area contributed by atoms with Crippen molar-refractivity contribution in [3.8, 4) is 0 Å². The van der Waals surface area contributed by atoms with E-state index in [1.165, 1.54) is 20.8 Å². The highest BCUT2D eigenvalue weighted by Gasteiger charge is 2.18. The van der Waals surface area contributed by atoms with Crippen LogP contribution in [0.15, 0.2) is 65.8 Å². The molecule has 0 fully saturated rings. The zero-order valence-electron chi connectivity index (χ0n) is 18.8. The Morgan fingerprint density at radius 2 is 0.929 bits per heavy atom. The van der Waals surface area contributed by atoms with Gasteiger partial charge in [0, 0.05) is 13.2 Å². The monoisotopic (exact) mass is 430 g/mol. The summed E-state index contributed by atoms with van der Waals surface area (Å²) in [4.78, 5) is 0. The van der Waals surface area contributed by atoms with Crippen LogP contribution in [0.3, 0.4) is 0 Å². The van der Waals surface area contributed by atoms with E-state index < -0.39 is 16.0 Å². The zero-order chi connectivity index (χ0) is 25.2. The molecule has 0 saturated heterocycles. The molecule has 0 bridgehead atoms. The lowest BCUT2D eigenvalue weighted by Crippen LogP contribution is -2.23. The van der Waals surface area contributed by atoms with Gasteiger partial charge in [-0.2, -0.15) is 8.42 Å². The average Bonchev–Trinajstić information content (AvgIpc) is 2.68. The molecule has 7 nitrogen and oxygen atoms in total. The maximum Gasteiger partial charge on any atom is 0.397 e. The summed E-state index contributed by atoms with van der Waals surface area (Å²) in [5, 5.41) is 15.2. The van der Waals surface area contributed by atoms with E-state index in [-0.39, 0.29) is 13.2 Å². The van der Waals surface area contributed by atoms with Crippen molar-refractivity contribution in [2.75, 3.05) is 26.4 Å². The minimum Gasteiger partial charge on any atom is -0.394 e. The molecule has 0 aliphatic carbocycles. The molecule has 0 heterocycles. The molecule has 0 saturated carbocycles. The fourth-order valence-electron chi connectivity index (χ4n) is 0.520. The number of ether oxygens (including phenoxy) is 1. The van der Waals surface area contributed by atoms with E-state index in [4.69, 9.17) is 19.5 Å². The van der Waals surface area contributed by atoms with Gasteiger partial charge in [-0.3, -0.25) is 4.55 Å². The average molecular weight is 431 g/mol. The molecular formula is C20H46O7S. The van der Waals surface area contributed by atoms with Gasteiger partial charge in [-0.15, -0.1) is 65.8 Å². The van der Waals surface area contributed by atoms with Crippen molar-refractivity contribution in [3.05, 3.63) is 65.8 Å². The van der Waals surface area contributed by atoms with Crippen LogP contribution in [-0.4, -0.2) is 55.2 Å². The highest BCUT2D eigenvalue weighted by Crippen LogP contribution is 2.09. The lowest BCUT2D eigenvalue weighted by molar-refractivity contribution is 0.119. The molecule has 0 radical (unpaired) electrons. The summed E-state index contributed by atoms with van der Waals surface area (Å²) in [6.45, 7) is 40.0. The van der Waals surface area contributed by atoms with Crippen molar-refractivity contribution in [3.63, 3.8) is 0 Å². The van der Waals surface area contributed by atoms with Gasteiger partial charge in [0.15, 0.2) is 0 Å². The molecule has 3 N–H and O–H groups in total. The first-order valence-electron chi connectivity index (χ1n) is 8.01. The number of aliphatic hydroxyl groups excluding tert-OH is 2. The molecule has 0 aliphatic rings. The van der Waals surface area contributed by atoms with E-state index >= 15 is 0 Å². The minimum absolute atomic E-state index is 0.125. The largest absolute Gasteiger partial charge is 0.397 e. The van der Waals surface area contributed by atoms with Crippen LogP contribution in [0.1, 0.15) is 34.6 Å². The van der Waals surface area contributed by atoms with E-state index in [1.807, 2.05) is 13.8 Å². The van der Waals surface area contributed by atoms with Crippen molar-refractivity contribution >= 4 is 10.4 Å². The third-order valence-corrected chi connectivity index (χ3v) is 1.57. The van der Waals surface area contributed by atoms with Crippen LogP contribution in [0.5, 0.6) is 0 Å². The van der Waals surface area contributed by atoms with Crippen LogP contribution in [0.25, 0.3) is 0 Å². The molecule has 0 atom stereocenters. The summed E-state index contributed by atoms with van der Waals surface area (Å²) in [5.74, 6) is 0. The predicted molar refractivity (Wildman–Crippen MR) is 125 cm³/mol. The van der Waals surface area contributed by atoms with E-state index in [9.17, 15) is 8.42 Å². The Balaban J connectivity index is -0.0000000304. The molecule has 0 aromatic carbocycles. The Morgan fingerprint density at radius 1 is 0.714 bits per heavy atom. The maximum atomic E-state index is 9.98. The van der Waals surface area contributed by atoms with Crippen LogP contribution in [0.4, 0.5) is 0 Å². The fourth-order valence-corrected chi connectivity index (χ4v) is 1.15. The zero-order valence-corrected chi connectivity index (χ0v) is 19.6. The van der Waals surface area contributed by atoms with Gasteiger partial charge >= 0.3 is 10.4 Å². The second-order valence-electron chi connectivity index (χ2n) is 3.85. The van der Waals surface area contributed by atoms with Gasteiger partial charge in [0.1, 0.15) is 0 Å². The van der Waals surface area contributed by atoms with Gasteiger partial charge in [-0.25, -0.2) is 4.18 Å². The van der Waals surface area contributed by atoms with Crippen LogP contribution < -0.4 is 0 Å². The quantitative estimate of drug-likeness (QED) is 0.440. The first-order valence-corrected chi connectivity index (χ1v) is 9.38. The van der Waals surface area contributed by atoms with Crippen LogP contribution >= 0.6 is 0 Å². The molecule has 0 spiro atoms. The Bertz CT molecular complexity index is 297. The van der Waals surface area contributed by atoms with Crippen molar-refractivity contribution in [1.82, 2.24) is 0 Å². The van der Waals surface area contributed by atoms with E-state index in [0.717, 1.165) is 13.2 Å². The molecule has 0 aromatic rings. The SMILES string of the molecule is C=C.C=C.C=C.C=C.C=C.CC(C)(C)OS(=O)(=O)O.CCOCC.OCCO.